The highest BCUT2D eigenvalue weighted by molar-refractivity contribution is 5.70. The van der Waals surface area contributed by atoms with Crippen LogP contribution >= 0.6 is 0 Å². The van der Waals surface area contributed by atoms with Crippen LogP contribution in [0.5, 0.6) is 0 Å². The highest BCUT2D eigenvalue weighted by Crippen LogP contribution is 2.19. The summed E-state index contributed by atoms with van der Waals surface area (Å²) in [5.41, 5.74) is 0. The fraction of sp³-hybridized carbons (Fsp3) is 0.929. The topological polar surface area (TPSA) is 57.5 Å². The van der Waals surface area contributed by atoms with Crippen molar-refractivity contribution in [3.63, 3.8) is 0 Å². The predicted octanol–water partition coefficient (Wildman–Crippen LogP) is 3.60. The van der Waals surface area contributed by atoms with E-state index in [0.29, 0.717) is 12.8 Å². The van der Waals surface area contributed by atoms with Crippen LogP contribution in [0.3, 0.4) is 0 Å². The number of aliphatic hydroxyl groups is 1. The third kappa shape index (κ3) is 8.19. The van der Waals surface area contributed by atoms with E-state index in [0.717, 1.165) is 38.5 Å². The molecule has 0 aromatic heterocycles. The summed E-state index contributed by atoms with van der Waals surface area (Å²) >= 11 is 0. The molecule has 0 saturated carbocycles. The Morgan fingerprint density at radius 3 is 2.00 bits per heavy atom. The van der Waals surface area contributed by atoms with Crippen molar-refractivity contribution in [2.45, 2.75) is 77.7 Å². The van der Waals surface area contributed by atoms with E-state index in [9.17, 15) is 9.90 Å². The van der Waals surface area contributed by atoms with Crippen LogP contribution in [-0.2, 0) is 4.79 Å². The van der Waals surface area contributed by atoms with Gasteiger partial charge in [0, 0.05) is 0 Å². The quantitative estimate of drug-likeness (QED) is 0.546. The van der Waals surface area contributed by atoms with Crippen LogP contribution in [0, 0.1) is 5.92 Å². The average Bonchev–Trinajstić information content (AvgIpc) is 2.29. The summed E-state index contributed by atoms with van der Waals surface area (Å²) in [5.74, 6) is -1.41. The summed E-state index contributed by atoms with van der Waals surface area (Å²) in [7, 11) is 0. The molecule has 0 aliphatic carbocycles. The Morgan fingerprint density at radius 1 is 0.941 bits per heavy atom. The minimum atomic E-state index is -0.843. The van der Waals surface area contributed by atoms with Crippen molar-refractivity contribution in [1.29, 1.82) is 0 Å². The maximum absolute atomic E-state index is 11.1. The number of hydrogen-bond donors (Lipinski definition) is 2. The van der Waals surface area contributed by atoms with Crippen molar-refractivity contribution in [3.05, 3.63) is 0 Å². The van der Waals surface area contributed by atoms with Crippen LogP contribution in [0.25, 0.3) is 0 Å². The molecular formula is C14H28O3. The Labute approximate surface area is 105 Å². The Bertz CT molecular complexity index is 192. The molecule has 102 valence electrons. The minimum absolute atomic E-state index is 0.567. The molecule has 2 N–H and O–H groups in total. The Balaban J connectivity index is 3.88. The third-order valence-corrected chi connectivity index (χ3v) is 3.25. The molecule has 0 rings (SSSR count). The zero-order valence-corrected chi connectivity index (χ0v) is 11.3. The molecule has 0 aromatic carbocycles. The maximum Gasteiger partial charge on any atom is 0.309 e. The summed E-state index contributed by atoms with van der Waals surface area (Å²) < 4.78 is 0. The summed E-state index contributed by atoms with van der Waals surface area (Å²) in [6.07, 6.45) is 7.96. The van der Waals surface area contributed by atoms with Gasteiger partial charge in [0.15, 0.2) is 0 Å². The monoisotopic (exact) mass is 244 g/mol. The van der Waals surface area contributed by atoms with E-state index >= 15 is 0 Å². The fourth-order valence-corrected chi connectivity index (χ4v) is 2.08. The number of unbranched alkanes of at least 4 members (excludes halogenated alkanes) is 5. The van der Waals surface area contributed by atoms with Gasteiger partial charge in [0.25, 0.3) is 0 Å². The van der Waals surface area contributed by atoms with Gasteiger partial charge in [-0.2, -0.15) is 0 Å². The first-order valence-corrected chi connectivity index (χ1v) is 7.04. The molecule has 0 aliphatic rings. The zero-order chi connectivity index (χ0) is 13.1. The molecule has 3 nitrogen and oxygen atoms in total. The molecule has 0 saturated heterocycles. The van der Waals surface area contributed by atoms with E-state index in [1.54, 1.807) is 0 Å². The van der Waals surface area contributed by atoms with Gasteiger partial charge in [-0.1, -0.05) is 58.8 Å². The molecule has 0 aromatic rings. The first-order chi connectivity index (χ1) is 8.13. The number of rotatable bonds is 11. The molecule has 0 spiro atoms. The fourth-order valence-electron chi connectivity index (χ4n) is 2.08. The van der Waals surface area contributed by atoms with Gasteiger partial charge in [0.2, 0.25) is 0 Å². The Morgan fingerprint density at radius 2 is 1.47 bits per heavy atom. The van der Waals surface area contributed by atoms with Crippen LogP contribution in [0.15, 0.2) is 0 Å². The van der Waals surface area contributed by atoms with Crippen LogP contribution in [-0.4, -0.2) is 22.3 Å². The number of carbonyl (C=O) groups is 1. The second kappa shape index (κ2) is 10.6. The van der Waals surface area contributed by atoms with Crippen molar-refractivity contribution in [2.75, 3.05) is 0 Å². The molecule has 0 radical (unpaired) electrons. The lowest BCUT2D eigenvalue weighted by Crippen LogP contribution is -2.28. The lowest BCUT2D eigenvalue weighted by molar-refractivity contribution is -0.146. The lowest BCUT2D eigenvalue weighted by atomic mass is 9.92. The average molecular weight is 244 g/mol. The third-order valence-electron chi connectivity index (χ3n) is 3.25. The number of carboxylic acids is 1. The molecule has 0 fully saturated rings. The summed E-state index contributed by atoms with van der Waals surface area (Å²) in [4.78, 5) is 11.1. The molecule has 3 heteroatoms. The van der Waals surface area contributed by atoms with Crippen LogP contribution < -0.4 is 0 Å². The second-order valence-electron chi connectivity index (χ2n) is 4.86. The van der Waals surface area contributed by atoms with E-state index in [4.69, 9.17) is 5.11 Å². The van der Waals surface area contributed by atoms with Gasteiger partial charge in [0.1, 0.15) is 0 Å². The maximum atomic E-state index is 11.1. The van der Waals surface area contributed by atoms with Gasteiger partial charge in [0.05, 0.1) is 12.0 Å². The SMILES string of the molecule is CCCCCCC(O)C(CCCCC)C(=O)O. The smallest absolute Gasteiger partial charge is 0.309 e. The standard InChI is InChI=1S/C14H28O3/c1-3-5-7-9-11-13(15)12(14(16)17)10-8-6-4-2/h12-13,15H,3-11H2,1-2H3,(H,16,17). The number of hydrogen-bond acceptors (Lipinski definition) is 2. The highest BCUT2D eigenvalue weighted by Gasteiger charge is 2.25. The molecule has 2 atom stereocenters. The Kier molecular flexibility index (Phi) is 10.2. The highest BCUT2D eigenvalue weighted by atomic mass is 16.4. The first kappa shape index (κ1) is 16.4. The van der Waals surface area contributed by atoms with E-state index in [1.807, 2.05) is 0 Å². The number of carboxylic acid groups (broad SMARTS) is 1. The van der Waals surface area contributed by atoms with Crippen molar-refractivity contribution in [2.24, 2.45) is 5.92 Å². The van der Waals surface area contributed by atoms with Crippen molar-refractivity contribution in [1.82, 2.24) is 0 Å². The van der Waals surface area contributed by atoms with Gasteiger partial charge in [-0.15, -0.1) is 0 Å². The van der Waals surface area contributed by atoms with Gasteiger partial charge in [-0.25, -0.2) is 0 Å². The van der Waals surface area contributed by atoms with Gasteiger partial charge < -0.3 is 10.2 Å². The molecule has 0 heterocycles. The normalized spacial score (nSPS) is 14.5. The van der Waals surface area contributed by atoms with Crippen LogP contribution in [0.1, 0.15) is 71.6 Å². The van der Waals surface area contributed by atoms with Gasteiger partial charge >= 0.3 is 5.97 Å². The molecule has 17 heavy (non-hydrogen) atoms. The summed E-state index contributed by atoms with van der Waals surface area (Å²) in [6.45, 7) is 4.23. The minimum Gasteiger partial charge on any atom is -0.481 e. The second-order valence-corrected chi connectivity index (χ2v) is 4.86. The van der Waals surface area contributed by atoms with Crippen LogP contribution in [0.4, 0.5) is 0 Å². The summed E-state index contributed by atoms with van der Waals surface area (Å²) in [5, 5.41) is 19.0. The van der Waals surface area contributed by atoms with Crippen molar-refractivity contribution >= 4 is 5.97 Å². The van der Waals surface area contributed by atoms with E-state index in [2.05, 4.69) is 13.8 Å². The van der Waals surface area contributed by atoms with E-state index in [-0.39, 0.29) is 0 Å². The van der Waals surface area contributed by atoms with E-state index < -0.39 is 18.0 Å². The van der Waals surface area contributed by atoms with Crippen LogP contribution in [0.2, 0.25) is 0 Å². The molecule has 2 unspecified atom stereocenters. The zero-order valence-electron chi connectivity index (χ0n) is 11.3. The van der Waals surface area contributed by atoms with Crippen molar-refractivity contribution in [3.8, 4) is 0 Å². The number of aliphatic carboxylic acids is 1. The van der Waals surface area contributed by atoms with Gasteiger partial charge in [-0.05, 0) is 12.8 Å². The van der Waals surface area contributed by atoms with Crippen molar-refractivity contribution < 1.29 is 15.0 Å². The summed E-state index contributed by atoms with van der Waals surface area (Å²) in [6, 6.07) is 0. The molecule has 0 bridgehead atoms. The molecule has 0 aliphatic heterocycles. The largest absolute Gasteiger partial charge is 0.481 e. The number of aliphatic hydroxyl groups excluding tert-OH is 1. The molecule has 0 amide bonds. The first-order valence-electron chi connectivity index (χ1n) is 7.04. The van der Waals surface area contributed by atoms with E-state index in [1.165, 1.54) is 6.42 Å². The Hall–Kier alpha value is -0.570. The predicted molar refractivity (Wildman–Crippen MR) is 70.0 cm³/mol. The van der Waals surface area contributed by atoms with Gasteiger partial charge in [-0.3, -0.25) is 4.79 Å². The lowest BCUT2D eigenvalue weighted by Gasteiger charge is -2.18. The molecular weight excluding hydrogens is 216 g/mol.